The zero-order valence-electron chi connectivity index (χ0n) is 16.8. The normalized spacial score (nSPS) is 13.9. The summed E-state index contributed by atoms with van der Waals surface area (Å²) in [7, 11) is 0. The second-order valence-corrected chi connectivity index (χ2v) is 7.28. The Hall–Kier alpha value is -4.07. The summed E-state index contributed by atoms with van der Waals surface area (Å²) < 4.78 is 0. The van der Waals surface area contributed by atoms with Crippen molar-refractivity contribution in [2.75, 3.05) is 41.3 Å². The van der Waals surface area contributed by atoms with Gasteiger partial charge in [0.05, 0.1) is 23.6 Å². The van der Waals surface area contributed by atoms with Crippen LogP contribution < -0.4 is 15.1 Å². The average molecular weight is 411 g/mol. The highest BCUT2D eigenvalue weighted by Crippen LogP contribution is 2.17. The molecule has 8 nitrogen and oxygen atoms in total. The Kier molecular flexibility index (Phi) is 5.10. The molecule has 0 aliphatic carbocycles. The lowest BCUT2D eigenvalue weighted by Gasteiger charge is -2.35. The number of pyridine rings is 2. The number of benzene rings is 1. The van der Waals surface area contributed by atoms with E-state index in [4.69, 9.17) is 0 Å². The summed E-state index contributed by atoms with van der Waals surface area (Å²) in [6.07, 6.45) is 5.07. The molecule has 1 N–H and O–H groups in total. The van der Waals surface area contributed by atoms with Gasteiger partial charge in [0.25, 0.3) is 5.91 Å². The fraction of sp³-hybridized carbons (Fsp3) is 0.174. The largest absolute Gasteiger partial charge is 0.353 e. The van der Waals surface area contributed by atoms with Crippen molar-refractivity contribution < 1.29 is 4.79 Å². The van der Waals surface area contributed by atoms with Gasteiger partial charge in [-0.25, -0.2) is 19.9 Å². The summed E-state index contributed by atoms with van der Waals surface area (Å²) in [6, 6.07) is 17.2. The Bertz CT molecular complexity index is 1190. The zero-order chi connectivity index (χ0) is 21.0. The van der Waals surface area contributed by atoms with Gasteiger partial charge >= 0.3 is 0 Å². The predicted molar refractivity (Wildman–Crippen MR) is 120 cm³/mol. The van der Waals surface area contributed by atoms with Crippen molar-refractivity contribution in [3.8, 4) is 0 Å². The van der Waals surface area contributed by atoms with Gasteiger partial charge in [-0.15, -0.1) is 0 Å². The molecule has 4 aromatic rings. The van der Waals surface area contributed by atoms with Gasteiger partial charge in [-0.05, 0) is 24.3 Å². The maximum atomic E-state index is 12.6. The maximum Gasteiger partial charge on any atom is 0.274 e. The molecule has 1 fully saturated rings. The zero-order valence-corrected chi connectivity index (χ0v) is 16.8. The van der Waals surface area contributed by atoms with Crippen LogP contribution in [-0.2, 0) is 0 Å². The second kappa shape index (κ2) is 8.35. The van der Waals surface area contributed by atoms with E-state index >= 15 is 0 Å². The number of nitrogens with one attached hydrogen (secondary N) is 1. The number of piperazine rings is 1. The Morgan fingerprint density at radius 2 is 1.55 bits per heavy atom. The van der Waals surface area contributed by atoms with Gasteiger partial charge < -0.3 is 15.1 Å². The van der Waals surface area contributed by atoms with Crippen LogP contribution in [0.5, 0.6) is 0 Å². The van der Waals surface area contributed by atoms with Crippen molar-refractivity contribution in [2.24, 2.45) is 0 Å². The van der Waals surface area contributed by atoms with Crippen LogP contribution in [-0.4, -0.2) is 52.0 Å². The molecule has 31 heavy (non-hydrogen) atoms. The third-order valence-corrected chi connectivity index (χ3v) is 5.26. The van der Waals surface area contributed by atoms with Crippen molar-refractivity contribution >= 4 is 34.3 Å². The van der Waals surface area contributed by atoms with E-state index in [-0.39, 0.29) is 5.91 Å². The first-order valence-corrected chi connectivity index (χ1v) is 10.2. The third kappa shape index (κ3) is 4.13. The minimum absolute atomic E-state index is 0.286. The van der Waals surface area contributed by atoms with Gasteiger partial charge in [-0.2, -0.15) is 0 Å². The number of carbonyl (C=O) groups is 1. The number of aromatic nitrogens is 4. The number of nitrogens with zero attached hydrogens (tertiary/aromatic N) is 6. The Morgan fingerprint density at radius 1 is 0.806 bits per heavy atom. The molecule has 1 amide bonds. The van der Waals surface area contributed by atoms with Crippen molar-refractivity contribution in [3.05, 3.63) is 78.9 Å². The quantitative estimate of drug-likeness (QED) is 0.552. The van der Waals surface area contributed by atoms with Crippen LogP contribution in [0, 0.1) is 0 Å². The van der Waals surface area contributed by atoms with Gasteiger partial charge in [0.15, 0.2) is 0 Å². The van der Waals surface area contributed by atoms with E-state index < -0.39 is 0 Å². The van der Waals surface area contributed by atoms with E-state index in [9.17, 15) is 4.79 Å². The van der Waals surface area contributed by atoms with E-state index in [1.54, 1.807) is 18.5 Å². The molecule has 1 aliphatic heterocycles. The number of rotatable bonds is 4. The number of hydrogen-bond acceptors (Lipinski definition) is 7. The number of para-hydroxylation sites is 1. The Morgan fingerprint density at radius 3 is 2.32 bits per heavy atom. The van der Waals surface area contributed by atoms with Crippen molar-refractivity contribution in [1.29, 1.82) is 0 Å². The second-order valence-electron chi connectivity index (χ2n) is 7.28. The van der Waals surface area contributed by atoms with E-state index in [1.165, 1.54) is 0 Å². The van der Waals surface area contributed by atoms with Crippen molar-refractivity contribution in [3.63, 3.8) is 0 Å². The van der Waals surface area contributed by atoms with Gasteiger partial charge in [-0.1, -0.05) is 30.3 Å². The average Bonchev–Trinajstić information content (AvgIpc) is 2.85. The lowest BCUT2D eigenvalue weighted by atomic mass is 10.2. The van der Waals surface area contributed by atoms with E-state index in [1.807, 2.05) is 54.7 Å². The summed E-state index contributed by atoms with van der Waals surface area (Å²) in [5.74, 6) is 1.36. The summed E-state index contributed by atoms with van der Waals surface area (Å²) in [6.45, 7) is 3.32. The van der Waals surface area contributed by atoms with Crippen LogP contribution in [0.1, 0.15) is 10.5 Å². The molecule has 0 radical (unpaired) electrons. The number of carbonyl (C=O) groups excluding carboxylic acids is 1. The topological polar surface area (TPSA) is 87.1 Å². The Balaban J connectivity index is 1.21. The van der Waals surface area contributed by atoms with Gasteiger partial charge in [0.1, 0.15) is 11.5 Å². The van der Waals surface area contributed by atoms with Gasteiger partial charge in [0.2, 0.25) is 5.95 Å². The lowest BCUT2D eigenvalue weighted by molar-refractivity contribution is 0.102. The van der Waals surface area contributed by atoms with E-state index in [0.29, 0.717) is 17.3 Å². The van der Waals surface area contributed by atoms with Crippen molar-refractivity contribution in [2.45, 2.75) is 0 Å². The molecule has 1 aromatic carbocycles. The fourth-order valence-corrected chi connectivity index (χ4v) is 3.61. The minimum Gasteiger partial charge on any atom is -0.353 e. The smallest absolute Gasteiger partial charge is 0.274 e. The standard InChI is InChI=1S/C23H21N7O/c31-22(20-9-8-17-5-1-2-6-19(17)28-20)27-18-15-25-23(26-16-18)30-13-11-29(12-14-30)21-7-3-4-10-24-21/h1-10,15-16H,11-14H2,(H,27,31). The molecular formula is C23H21N7O. The maximum absolute atomic E-state index is 12.6. The third-order valence-electron chi connectivity index (χ3n) is 5.26. The lowest BCUT2D eigenvalue weighted by Crippen LogP contribution is -2.47. The molecule has 0 atom stereocenters. The summed E-state index contributed by atoms with van der Waals surface area (Å²) in [5.41, 5.74) is 1.68. The monoisotopic (exact) mass is 411 g/mol. The molecule has 0 spiro atoms. The summed E-state index contributed by atoms with van der Waals surface area (Å²) in [5, 5.41) is 3.82. The van der Waals surface area contributed by atoms with Crippen molar-refractivity contribution in [1.82, 2.24) is 19.9 Å². The molecule has 0 unspecified atom stereocenters. The highest BCUT2D eigenvalue weighted by atomic mass is 16.1. The minimum atomic E-state index is -0.286. The molecular weight excluding hydrogens is 390 g/mol. The first-order chi connectivity index (χ1) is 15.3. The number of amides is 1. The molecule has 1 saturated heterocycles. The molecule has 3 aromatic heterocycles. The van der Waals surface area contributed by atoms with Crippen LogP contribution >= 0.6 is 0 Å². The summed E-state index contributed by atoms with van der Waals surface area (Å²) >= 11 is 0. The van der Waals surface area contributed by atoms with Crippen LogP contribution in [0.3, 0.4) is 0 Å². The highest BCUT2D eigenvalue weighted by molar-refractivity contribution is 6.03. The number of anilines is 3. The molecule has 154 valence electrons. The van der Waals surface area contributed by atoms with Crippen LogP contribution in [0.15, 0.2) is 73.2 Å². The molecule has 5 rings (SSSR count). The first-order valence-electron chi connectivity index (χ1n) is 10.2. The van der Waals surface area contributed by atoms with Crippen LogP contribution in [0.2, 0.25) is 0 Å². The van der Waals surface area contributed by atoms with Crippen LogP contribution in [0.4, 0.5) is 17.5 Å². The number of fused-ring (bicyclic) bond motifs is 1. The Labute approximate surface area is 179 Å². The van der Waals surface area contributed by atoms with Crippen LogP contribution in [0.25, 0.3) is 10.9 Å². The molecule has 8 heteroatoms. The summed E-state index contributed by atoms with van der Waals surface area (Å²) in [4.78, 5) is 34.7. The molecule has 0 bridgehead atoms. The van der Waals surface area contributed by atoms with E-state index in [2.05, 4.69) is 35.1 Å². The fourth-order valence-electron chi connectivity index (χ4n) is 3.61. The van der Waals surface area contributed by atoms with Gasteiger partial charge in [-0.3, -0.25) is 4.79 Å². The predicted octanol–water partition coefficient (Wildman–Crippen LogP) is 3.00. The molecule has 0 saturated carbocycles. The SMILES string of the molecule is O=C(Nc1cnc(N2CCN(c3ccccn3)CC2)nc1)c1ccc2ccccc2n1. The van der Waals surface area contributed by atoms with E-state index in [0.717, 1.165) is 42.9 Å². The number of hydrogen-bond donors (Lipinski definition) is 1. The first kappa shape index (κ1) is 18.9. The highest BCUT2D eigenvalue weighted by Gasteiger charge is 2.20. The van der Waals surface area contributed by atoms with Gasteiger partial charge in [0, 0.05) is 37.8 Å². The molecule has 1 aliphatic rings. The molecule has 4 heterocycles.